The highest BCUT2D eigenvalue weighted by atomic mass is 16.4. The molecule has 0 spiro atoms. The molecule has 0 bridgehead atoms. The Morgan fingerprint density at radius 2 is 2.10 bits per heavy atom. The smallest absolute Gasteiger partial charge is 0.283 e. The van der Waals surface area contributed by atoms with Crippen molar-refractivity contribution in [1.29, 1.82) is 0 Å². The van der Waals surface area contributed by atoms with Gasteiger partial charge in [-0.25, -0.2) is 0 Å². The van der Waals surface area contributed by atoms with E-state index >= 15 is 0 Å². The first-order chi connectivity index (χ1) is 10.3. The second-order valence-electron chi connectivity index (χ2n) is 5.29. The molecule has 1 aliphatic rings. The van der Waals surface area contributed by atoms with Crippen LogP contribution in [0, 0.1) is 0 Å². The number of nitrogens with zero attached hydrogens (tertiary/aromatic N) is 3. The average Bonchev–Trinajstić information content (AvgIpc) is 3.20. The van der Waals surface area contributed by atoms with Crippen molar-refractivity contribution in [3.63, 3.8) is 0 Å². The predicted molar refractivity (Wildman–Crippen MR) is 77.8 cm³/mol. The van der Waals surface area contributed by atoms with Crippen molar-refractivity contribution in [2.24, 2.45) is 0 Å². The molecule has 4 rings (SSSR count). The van der Waals surface area contributed by atoms with E-state index in [1.165, 1.54) is 11.3 Å². The molecule has 5 heteroatoms. The Balaban J connectivity index is 1.59. The molecule has 0 aliphatic carbocycles. The van der Waals surface area contributed by atoms with Gasteiger partial charge in [0.15, 0.2) is 5.76 Å². The molecule has 21 heavy (non-hydrogen) atoms. The zero-order valence-electron chi connectivity index (χ0n) is 11.7. The van der Waals surface area contributed by atoms with Crippen molar-refractivity contribution in [3.05, 3.63) is 54.1 Å². The van der Waals surface area contributed by atoms with Crippen LogP contribution in [-0.2, 0) is 13.0 Å². The van der Waals surface area contributed by atoms with Crippen LogP contribution in [0.5, 0.6) is 0 Å². The Kier molecular flexibility index (Phi) is 2.77. The van der Waals surface area contributed by atoms with Crippen LogP contribution in [0.4, 0.5) is 5.69 Å². The SMILES string of the molecule is CC1Cc2ccccc2N1Cc1nnc(-c2ccco2)o1. The number of hydrogen-bond donors (Lipinski definition) is 0. The number of rotatable bonds is 3. The van der Waals surface area contributed by atoms with E-state index in [2.05, 4.69) is 46.3 Å². The van der Waals surface area contributed by atoms with Gasteiger partial charge in [-0.2, -0.15) is 0 Å². The molecular weight excluding hydrogens is 266 g/mol. The molecule has 5 nitrogen and oxygen atoms in total. The lowest BCUT2D eigenvalue weighted by Crippen LogP contribution is -2.28. The second-order valence-corrected chi connectivity index (χ2v) is 5.29. The highest BCUT2D eigenvalue weighted by molar-refractivity contribution is 5.59. The standard InChI is InChI=1S/C16H15N3O2/c1-11-9-12-5-2-3-6-13(12)19(11)10-15-17-18-16(21-15)14-7-4-8-20-14/h2-8,11H,9-10H2,1H3. The monoisotopic (exact) mass is 281 g/mol. The van der Waals surface area contributed by atoms with Gasteiger partial charge in [0.1, 0.15) is 0 Å². The first-order valence-corrected chi connectivity index (χ1v) is 7.02. The summed E-state index contributed by atoms with van der Waals surface area (Å²) in [7, 11) is 0. The van der Waals surface area contributed by atoms with Crippen LogP contribution in [0.1, 0.15) is 18.4 Å². The zero-order valence-corrected chi connectivity index (χ0v) is 11.7. The number of hydrogen-bond acceptors (Lipinski definition) is 5. The largest absolute Gasteiger partial charge is 0.459 e. The van der Waals surface area contributed by atoms with Crippen molar-refractivity contribution in [1.82, 2.24) is 10.2 Å². The average molecular weight is 281 g/mol. The lowest BCUT2D eigenvalue weighted by Gasteiger charge is -2.22. The van der Waals surface area contributed by atoms with Gasteiger partial charge in [-0.3, -0.25) is 0 Å². The van der Waals surface area contributed by atoms with E-state index in [-0.39, 0.29) is 0 Å². The Bertz CT molecular complexity index is 748. The Hall–Kier alpha value is -2.56. The molecule has 3 aromatic rings. The van der Waals surface area contributed by atoms with Crippen LogP contribution < -0.4 is 4.90 Å². The number of furan rings is 1. The lowest BCUT2D eigenvalue weighted by atomic mass is 10.1. The van der Waals surface area contributed by atoms with E-state index in [4.69, 9.17) is 8.83 Å². The summed E-state index contributed by atoms with van der Waals surface area (Å²) in [5.41, 5.74) is 2.62. The molecule has 0 radical (unpaired) electrons. The fourth-order valence-corrected chi connectivity index (χ4v) is 2.83. The van der Waals surface area contributed by atoms with Gasteiger partial charge in [0, 0.05) is 11.7 Å². The summed E-state index contributed by atoms with van der Waals surface area (Å²) < 4.78 is 11.0. The second kappa shape index (κ2) is 4.77. The summed E-state index contributed by atoms with van der Waals surface area (Å²) in [5.74, 6) is 1.63. The zero-order chi connectivity index (χ0) is 14.2. The van der Waals surface area contributed by atoms with Crippen molar-refractivity contribution < 1.29 is 8.83 Å². The molecule has 0 saturated heterocycles. The van der Waals surface area contributed by atoms with Crippen molar-refractivity contribution in [3.8, 4) is 11.7 Å². The molecule has 1 aromatic carbocycles. The van der Waals surface area contributed by atoms with Gasteiger partial charge in [-0.15, -0.1) is 10.2 Å². The normalized spacial score (nSPS) is 17.2. The fourth-order valence-electron chi connectivity index (χ4n) is 2.83. The Labute approximate surface area is 122 Å². The van der Waals surface area contributed by atoms with Gasteiger partial charge < -0.3 is 13.7 Å². The molecule has 0 saturated carbocycles. The molecular formula is C16H15N3O2. The summed E-state index contributed by atoms with van der Waals surface area (Å²) in [5, 5.41) is 8.17. The highest BCUT2D eigenvalue weighted by Crippen LogP contribution is 2.33. The highest BCUT2D eigenvalue weighted by Gasteiger charge is 2.27. The molecule has 0 amide bonds. The van der Waals surface area contributed by atoms with Gasteiger partial charge in [-0.05, 0) is 37.1 Å². The minimum atomic E-state index is 0.426. The maximum atomic E-state index is 5.70. The summed E-state index contributed by atoms with van der Waals surface area (Å²) in [6, 6.07) is 12.5. The minimum Gasteiger partial charge on any atom is -0.459 e. The number of para-hydroxylation sites is 1. The van der Waals surface area contributed by atoms with Crippen LogP contribution in [0.25, 0.3) is 11.7 Å². The van der Waals surface area contributed by atoms with Gasteiger partial charge in [0.05, 0.1) is 12.8 Å². The third kappa shape index (κ3) is 2.11. The number of anilines is 1. The van der Waals surface area contributed by atoms with E-state index in [9.17, 15) is 0 Å². The van der Waals surface area contributed by atoms with Gasteiger partial charge in [0.2, 0.25) is 5.89 Å². The van der Waals surface area contributed by atoms with Gasteiger partial charge in [0.25, 0.3) is 5.89 Å². The van der Waals surface area contributed by atoms with E-state index in [0.717, 1.165) is 6.42 Å². The molecule has 1 aliphatic heterocycles. The van der Waals surface area contributed by atoms with Crippen LogP contribution in [0.2, 0.25) is 0 Å². The minimum absolute atomic E-state index is 0.426. The quantitative estimate of drug-likeness (QED) is 0.737. The number of aromatic nitrogens is 2. The molecule has 1 atom stereocenters. The maximum Gasteiger partial charge on any atom is 0.283 e. The molecule has 3 heterocycles. The molecule has 0 fully saturated rings. The van der Waals surface area contributed by atoms with Crippen molar-refractivity contribution in [2.45, 2.75) is 25.9 Å². The van der Waals surface area contributed by atoms with Crippen LogP contribution >= 0.6 is 0 Å². The van der Waals surface area contributed by atoms with E-state index in [1.54, 1.807) is 12.3 Å². The van der Waals surface area contributed by atoms with Gasteiger partial charge >= 0.3 is 0 Å². The Morgan fingerprint density at radius 3 is 2.95 bits per heavy atom. The third-order valence-electron chi connectivity index (χ3n) is 3.85. The fraction of sp³-hybridized carbons (Fsp3) is 0.250. The lowest BCUT2D eigenvalue weighted by molar-refractivity contribution is 0.469. The summed E-state index contributed by atoms with van der Waals surface area (Å²) in [6.07, 6.45) is 2.65. The number of benzene rings is 1. The number of fused-ring (bicyclic) bond motifs is 1. The van der Waals surface area contributed by atoms with E-state index in [0.29, 0.717) is 30.1 Å². The first-order valence-electron chi connectivity index (χ1n) is 7.02. The van der Waals surface area contributed by atoms with Crippen LogP contribution in [0.15, 0.2) is 51.5 Å². The van der Waals surface area contributed by atoms with Crippen LogP contribution in [-0.4, -0.2) is 16.2 Å². The Morgan fingerprint density at radius 1 is 1.19 bits per heavy atom. The van der Waals surface area contributed by atoms with Crippen molar-refractivity contribution in [2.75, 3.05) is 4.90 Å². The molecule has 1 unspecified atom stereocenters. The maximum absolute atomic E-state index is 5.70. The third-order valence-corrected chi connectivity index (χ3v) is 3.85. The summed E-state index contributed by atoms with van der Waals surface area (Å²) >= 11 is 0. The van der Waals surface area contributed by atoms with E-state index < -0.39 is 0 Å². The van der Waals surface area contributed by atoms with Crippen LogP contribution in [0.3, 0.4) is 0 Å². The molecule has 106 valence electrons. The van der Waals surface area contributed by atoms with Crippen molar-refractivity contribution >= 4 is 5.69 Å². The summed E-state index contributed by atoms with van der Waals surface area (Å²) in [6.45, 7) is 2.83. The van der Waals surface area contributed by atoms with E-state index in [1.807, 2.05) is 6.07 Å². The first kappa shape index (κ1) is 12.2. The molecule has 0 N–H and O–H groups in total. The predicted octanol–water partition coefficient (Wildman–Crippen LogP) is 3.28. The van der Waals surface area contributed by atoms with Gasteiger partial charge in [-0.1, -0.05) is 18.2 Å². The molecule has 2 aromatic heterocycles. The topological polar surface area (TPSA) is 55.3 Å². The summed E-state index contributed by atoms with van der Waals surface area (Å²) in [4.78, 5) is 2.30.